The van der Waals surface area contributed by atoms with Crippen LogP contribution in [-0.2, 0) is 0 Å². The summed E-state index contributed by atoms with van der Waals surface area (Å²) in [6.45, 7) is 3.21. The maximum absolute atomic E-state index is 5.24. The zero-order valence-electron chi connectivity index (χ0n) is 10.8. The van der Waals surface area contributed by atoms with Crippen LogP contribution in [0.4, 0.5) is 5.82 Å². The summed E-state index contributed by atoms with van der Waals surface area (Å²) in [5, 5.41) is 3.59. The van der Waals surface area contributed by atoms with Gasteiger partial charge in [-0.05, 0) is 37.9 Å². The number of unbranched alkanes of at least 4 members (excludes halogenated alkanes) is 1. The summed E-state index contributed by atoms with van der Waals surface area (Å²) in [5.41, 5.74) is 0. The molecular formula is C15H21N3. The van der Waals surface area contributed by atoms with Crippen molar-refractivity contribution in [2.45, 2.75) is 31.7 Å². The Labute approximate surface area is 110 Å². The summed E-state index contributed by atoms with van der Waals surface area (Å²) in [6, 6.07) is 6.74. The van der Waals surface area contributed by atoms with Gasteiger partial charge in [0.15, 0.2) is 0 Å². The Hall–Kier alpha value is -1.53. The normalized spacial score (nSPS) is 16.5. The number of hydrogen-bond donors (Lipinski definition) is 1. The fourth-order valence-corrected chi connectivity index (χ4v) is 2.35. The second-order valence-corrected chi connectivity index (χ2v) is 4.71. The summed E-state index contributed by atoms with van der Waals surface area (Å²) in [4.78, 5) is 6.76. The first-order valence-corrected chi connectivity index (χ1v) is 6.73. The van der Waals surface area contributed by atoms with Crippen molar-refractivity contribution in [2.75, 3.05) is 24.5 Å². The second-order valence-electron chi connectivity index (χ2n) is 4.71. The van der Waals surface area contributed by atoms with Crippen LogP contribution in [0.15, 0.2) is 24.4 Å². The van der Waals surface area contributed by atoms with Crippen molar-refractivity contribution in [1.29, 1.82) is 0 Å². The van der Waals surface area contributed by atoms with Crippen molar-refractivity contribution in [2.24, 2.45) is 0 Å². The Morgan fingerprint density at radius 3 is 2.89 bits per heavy atom. The van der Waals surface area contributed by atoms with Crippen LogP contribution in [0, 0.1) is 12.3 Å². The van der Waals surface area contributed by atoms with E-state index >= 15 is 0 Å². The molecule has 0 saturated carbocycles. The fourth-order valence-electron chi connectivity index (χ4n) is 2.35. The Balaban J connectivity index is 1.70. The second kappa shape index (κ2) is 7.03. The molecule has 1 aliphatic rings. The lowest BCUT2D eigenvalue weighted by atomic mass is 10.0. The molecule has 0 amide bonds. The van der Waals surface area contributed by atoms with Gasteiger partial charge in [-0.2, -0.15) is 0 Å². The van der Waals surface area contributed by atoms with E-state index in [4.69, 9.17) is 6.42 Å². The van der Waals surface area contributed by atoms with E-state index in [2.05, 4.69) is 27.2 Å². The van der Waals surface area contributed by atoms with Crippen molar-refractivity contribution in [1.82, 2.24) is 10.3 Å². The molecule has 96 valence electrons. The third-order valence-electron chi connectivity index (χ3n) is 3.40. The minimum atomic E-state index is 0.641. The minimum absolute atomic E-state index is 0.641. The number of terminal acetylenes is 1. The summed E-state index contributed by atoms with van der Waals surface area (Å²) >= 11 is 0. The van der Waals surface area contributed by atoms with E-state index in [0.717, 1.165) is 38.3 Å². The Morgan fingerprint density at radius 1 is 1.39 bits per heavy atom. The molecule has 2 rings (SSSR count). The highest BCUT2D eigenvalue weighted by Gasteiger charge is 2.18. The van der Waals surface area contributed by atoms with Gasteiger partial charge in [-0.1, -0.05) is 6.07 Å². The topological polar surface area (TPSA) is 28.2 Å². The molecule has 0 spiro atoms. The van der Waals surface area contributed by atoms with Crippen LogP contribution in [0.5, 0.6) is 0 Å². The lowest BCUT2D eigenvalue weighted by Gasteiger charge is -2.33. The molecule has 0 aromatic carbocycles. The number of pyridine rings is 1. The van der Waals surface area contributed by atoms with E-state index < -0.39 is 0 Å². The van der Waals surface area contributed by atoms with Crippen LogP contribution >= 0.6 is 0 Å². The minimum Gasteiger partial charge on any atom is -0.357 e. The molecule has 1 aromatic rings. The standard InChI is InChI=1S/C15H21N3/c1-2-3-5-10-16-14-8-12-18(13-9-14)15-7-4-6-11-17-15/h1,4,6-7,11,14,16H,3,5,8-10,12-13H2. The van der Waals surface area contributed by atoms with Crippen LogP contribution in [-0.4, -0.2) is 30.7 Å². The van der Waals surface area contributed by atoms with Crippen LogP contribution in [0.2, 0.25) is 0 Å². The number of nitrogens with zero attached hydrogens (tertiary/aromatic N) is 2. The SMILES string of the molecule is C#CCCCNC1CCN(c2ccccn2)CC1. The number of piperidine rings is 1. The molecule has 1 aromatic heterocycles. The number of aromatic nitrogens is 1. The van der Waals surface area contributed by atoms with Crippen molar-refractivity contribution in [3.8, 4) is 12.3 Å². The van der Waals surface area contributed by atoms with Crippen molar-refractivity contribution in [3.63, 3.8) is 0 Å². The van der Waals surface area contributed by atoms with Gasteiger partial charge >= 0.3 is 0 Å². The first-order chi connectivity index (χ1) is 8.90. The molecule has 0 unspecified atom stereocenters. The molecule has 18 heavy (non-hydrogen) atoms. The van der Waals surface area contributed by atoms with Gasteiger partial charge in [-0.25, -0.2) is 4.98 Å². The van der Waals surface area contributed by atoms with Crippen molar-refractivity contribution in [3.05, 3.63) is 24.4 Å². The molecule has 3 nitrogen and oxygen atoms in total. The highest BCUT2D eigenvalue weighted by molar-refractivity contribution is 5.38. The maximum Gasteiger partial charge on any atom is 0.128 e. The summed E-state index contributed by atoms with van der Waals surface area (Å²) in [6.07, 6.45) is 11.4. The highest BCUT2D eigenvalue weighted by Crippen LogP contribution is 2.17. The van der Waals surface area contributed by atoms with Gasteiger partial charge < -0.3 is 10.2 Å². The summed E-state index contributed by atoms with van der Waals surface area (Å²) in [7, 11) is 0. The highest BCUT2D eigenvalue weighted by atomic mass is 15.2. The van der Waals surface area contributed by atoms with Gasteiger partial charge in [0, 0.05) is 31.7 Å². The molecule has 0 bridgehead atoms. The first kappa shape index (κ1) is 12.9. The molecule has 0 aliphatic carbocycles. The Kier molecular flexibility index (Phi) is 5.04. The predicted octanol–water partition coefficient (Wildman–Crippen LogP) is 2.05. The largest absolute Gasteiger partial charge is 0.357 e. The zero-order valence-corrected chi connectivity index (χ0v) is 10.8. The first-order valence-electron chi connectivity index (χ1n) is 6.73. The molecule has 1 aliphatic heterocycles. The van der Waals surface area contributed by atoms with Crippen LogP contribution in [0.3, 0.4) is 0 Å². The molecule has 1 saturated heterocycles. The maximum atomic E-state index is 5.24. The monoisotopic (exact) mass is 243 g/mol. The van der Waals surface area contributed by atoms with E-state index in [9.17, 15) is 0 Å². The van der Waals surface area contributed by atoms with E-state index in [0.29, 0.717) is 6.04 Å². The summed E-state index contributed by atoms with van der Waals surface area (Å²) < 4.78 is 0. The molecule has 1 fully saturated rings. The van der Waals surface area contributed by atoms with Crippen LogP contribution < -0.4 is 10.2 Å². The average molecular weight is 243 g/mol. The smallest absolute Gasteiger partial charge is 0.128 e. The van der Waals surface area contributed by atoms with Gasteiger partial charge in [-0.15, -0.1) is 12.3 Å². The van der Waals surface area contributed by atoms with Gasteiger partial charge in [0.25, 0.3) is 0 Å². The van der Waals surface area contributed by atoms with E-state index in [1.807, 2.05) is 18.3 Å². The van der Waals surface area contributed by atoms with Gasteiger partial charge in [-0.3, -0.25) is 0 Å². The van der Waals surface area contributed by atoms with Gasteiger partial charge in [0.05, 0.1) is 0 Å². The molecule has 0 radical (unpaired) electrons. The number of rotatable bonds is 5. The fraction of sp³-hybridized carbons (Fsp3) is 0.533. The van der Waals surface area contributed by atoms with E-state index in [1.54, 1.807) is 0 Å². The van der Waals surface area contributed by atoms with Gasteiger partial charge in [0.2, 0.25) is 0 Å². The molecule has 0 atom stereocenters. The third kappa shape index (κ3) is 3.75. The molecular weight excluding hydrogens is 222 g/mol. The Morgan fingerprint density at radius 2 is 2.22 bits per heavy atom. The van der Waals surface area contributed by atoms with Crippen molar-refractivity contribution < 1.29 is 0 Å². The van der Waals surface area contributed by atoms with E-state index in [1.165, 1.54) is 12.8 Å². The lowest BCUT2D eigenvalue weighted by Crippen LogP contribution is -2.43. The van der Waals surface area contributed by atoms with Gasteiger partial charge in [0.1, 0.15) is 5.82 Å². The number of nitrogens with one attached hydrogen (secondary N) is 1. The number of anilines is 1. The average Bonchev–Trinajstić information content (AvgIpc) is 2.45. The summed E-state index contributed by atoms with van der Waals surface area (Å²) in [5.74, 6) is 3.78. The van der Waals surface area contributed by atoms with Crippen LogP contribution in [0.1, 0.15) is 25.7 Å². The molecule has 3 heteroatoms. The predicted molar refractivity (Wildman–Crippen MR) is 75.5 cm³/mol. The van der Waals surface area contributed by atoms with Crippen molar-refractivity contribution >= 4 is 5.82 Å². The molecule has 2 heterocycles. The third-order valence-corrected chi connectivity index (χ3v) is 3.40. The molecule has 1 N–H and O–H groups in total. The lowest BCUT2D eigenvalue weighted by molar-refractivity contribution is 0.412. The van der Waals surface area contributed by atoms with Crippen LogP contribution in [0.25, 0.3) is 0 Å². The number of hydrogen-bond acceptors (Lipinski definition) is 3. The van der Waals surface area contributed by atoms with E-state index in [-0.39, 0.29) is 0 Å². The zero-order chi connectivity index (χ0) is 12.6. The Bertz CT molecular complexity index is 374. The quantitative estimate of drug-likeness (QED) is 0.634.